The van der Waals surface area contributed by atoms with Gasteiger partial charge in [0.25, 0.3) is 0 Å². The van der Waals surface area contributed by atoms with Crippen molar-refractivity contribution in [2.45, 2.75) is 0 Å². The van der Waals surface area contributed by atoms with Crippen molar-refractivity contribution in [1.29, 1.82) is 0 Å². The lowest BCUT2D eigenvalue weighted by molar-refractivity contribution is 0.476. The number of para-hydroxylation sites is 4. The lowest BCUT2D eigenvalue weighted by atomic mass is 9.99. The number of ether oxygens (including phenoxy) is 1. The van der Waals surface area contributed by atoms with E-state index in [9.17, 15) is 0 Å². The van der Waals surface area contributed by atoms with Crippen molar-refractivity contribution >= 4 is 38.9 Å². The van der Waals surface area contributed by atoms with Gasteiger partial charge < -0.3 is 14.2 Å². The van der Waals surface area contributed by atoms with Crippen molar-refractivity contribution in [3.63, 3.8) is 0 Å². The van der Waals surface area contributed by atoms with Crippen LogP contribution in [0, 0.1) is 0 Å². The minimum Gasteiger partial charge on any atom is -0.453 e. The van der Waals surface area contributed by atoms with E-state index in [0.29, 0.717) is 0 Å². The van der Waals surface area contributed by atoms with Crippen molar-refractivity contribution < 1.29 is 4.74 Å². The van der Waals surface area contributed by atoms with Gasteiger partial charge in [-0.3, -0.25) is 0 Å². The van der Waals surface area contributed by atoms with Gasteiger partial charge in [0.2, 0.25) is 0 Å². The van der Waals surface area contributed by atoms with Gasteiger partial charge >= 0.3 is 0 Å². The molecule has 51 heavy (non-hydrogen) atoms. The molecule has 10 rings (SSSR count). The fraction of sp³-hybridized carbons (Fsp3) is 0. The molecule has 9 aromatic rings. The Labute approximate surface area is 296 Å². The number of rotatable bonds is 6. The molecule has 0 fully saturated rings. The largest absolute Gasteiger partial charge is 0.453 e. The number of fused-ring (bicyclic) bond motifs is 5. The summed E-state index contributed by atoms with van der Waals surface area (Å²) in [7, 11) is 0. The quantitative estimate of drug-likeness (QED) is 0.178. The van der Waals surface area contributed by atoms with E-state index >= 15 is 0 Å². The highest BCUT2D eigenvalue weighted by atomic mass is 16.5. The van der Waals surface area contributed by atoms with Crippen LogP contribution in [0.1, 0.15) is 0 Å². The molecular weight excluding hydrogens is 621 g/mol. The Balaban J connectivity index is 1.01. The van der Waals surface area contributed by atoms with Gasteiger partial charge in [0.15, 0.2) is 11.5 Å². The average Bonchev–Trinajstić information content (AvgIpc) is 3.54. The zero-order chi connectivity index (χ0) is 33.7. The van der Waals surface area contributed by atoms with Crippen LogP contribution < -0.4 is 9.64 Å². The standard InChI is InChI=1S/C48H32N2O/c1-3-11-33(12-4-1)36-13-9-14-37(31-36)34-21-26-40(27-22-34)49(39-15-5-2-6-16-39)41-28-23-35(24-29-41)38-25-30-42-43-17-10-20-47-48(43)50(45(42)32-38)44-18-7-8-19-46(44)51-47/h1-32H. The second kappa shape index (κ2) is 11.9. The Bertz CT molecular complexity index is 2690. The van der Waals surface area contributed by atoms with Crippen molar-refractivity contribution in [2.75, 3.05) is 4.90 Å². The van der Waals surface area contributed by atoms with Gasteiger partial charge in [-0.25, -0.2) is 0 Å². The summed E-state index contributed by atoms with van der Waals surface area (Å²) in [5.74, 6) is 1.77. The molecule has 0 atom stereocenters. The monoisotopic (exact) mass is 652 g/mol. The van der Waals surface area contributed by atoms with E-state index in [1.165, 1.54) is 49.7 Å². The Kier molecular flexibility index (Phi) is 6.81. The number of hydrogen-bond acceptors (Lipinski definition) is 2. The lowest BCUT2D eigenvalue weighted by Crippen LogP contribution is -2.09. The third-order valence-electron chi connectivity index (χ3n) is 9.98. The summed E-state index contributed by atoms with van der Waals surface area (Å²) in [5, 5.41) is 2.42. The average molecular weight is 653 g/mol. The highest BCUT2D eigenvalue weighted by Crippen LogP contribution is 2.46. The summed E-state index contributed by atoms with van der Waals surface area (Å²) in [6, 6.07) is 69.1. The molecule has 0 radical (unpaired) electrons. The Morgan fingerprint density at radius 2 is 0.863 bits per heavy atom. The first-order valence-electron chi connectivity index (χ1n) is 17.3. The fourth-order valence-electron chi connectivity index (χ4n) is 7.53. The molecule has 3 heteroatoms. The second-order valence-electron chi connectivity index (χ2n) is 13.0. The smallest absolute Gasteiger partial charge is 0.152 e. The number of aromatic nitrogens is 1. The van der Waals surface area contributed by atoms with Crippen LogP contribution in [0.5, 0.6) is 11.5 Å². The van der Waals surface area contributed by atoms with Gasteiger partial charge in [-0.05, 0) is 100 Å². The molecule has 0 spiro atoms. The molecule has 1 aliphatic rings. The number of anilines is 3. The third-order valence-corrected chi connectivity index (χ3v) is 9.98. The SMILES string of the molecule is c1ccc(-c2cccc(-c3ccc(N(c4ccccc4)c4ccc(-c5ccc6c7cccc8c7n(c6c5)-c5ccccc5O8)cc4)cc3)c2)cc1. The predicted octanol–water partition coefficient (Wildman–Crippen LogP) is 13.4. The lowest BCUT2D eigenvalue weighted by Gasteiger charge is -2.26. The van der Waals surface area contributed by atoms with Crippen LogP contribution in [-0.2, 0) is 0 Å². The van der Waals surface area contributed by atoms with Crippen LogP contribution in [0.3, 0.4) is 0 Å². The van der Waals surface area contributed by atoms with Gasteiger partial charge in [-0.2, -0.15) is 0 Å². The molecule has 8 aromatic carbocycles. The minimum absolute atomic E-state index is 0.875. The van der Waals surface area contributed by atoms with E-state index in [2.05, 4.69) is 191 Å². The first kappa shape index (κ1) is 29.1. The number of hydrogen-bond donors (Lipinski definition) is 0. The maximum atomic E-state index is 6.33. The van der Waals surface area contributed by atoms with Crippen LogP contribution in [0.4, 0.5) is 17.1 Å². The molecule has 0 bridgehead atoms. The summed E-state index contributed by atoms with van der Waals surface area (Å²) in [5.41, 5.74) is 13.9. The predicted molar refractivity (Wildman–Crippen MR) is 212 cm³/mol. The van der Waals surface area contributed by atoms with Crippen molar-refractivity contribution in [3.05, 3.63) is 194 Å². The molecule has 0 amide bonds. The zero-order valence-electron chi connectivity index (χ0n) is 27.8. The van der Waals surface area contributed by atoms with Crippen molar-refractivity contribution in [3.8, 4) is 50.6 Å². The van der Waals surface area contributed by atoms with E-state index in [-0.39, 0.29) is 0 Å². The highest BCUT2D eigenvalue weighted by molar-refractivity contribution is 6.13. The molecule has 0 saturated carbocycles. The molecule has 0 saturated heterocycles. The second-order valence-corrected chi connectivity index (χ2v) is 13.0. The van der Waals surface area contributed by atoms with Crippen LogP contribution in [0.15, 0.2) is 194 Å². The van der Waals surface area contributed by atoms with Crippen LogP contribution in [0.2, 0.25) is 0 Å². The Morgan fingerprint density at radius 3 is 1.57 bits per heavy atom. The van der Waals surface area contributed by atoms with Crippen LogP contribution >= 0.6 is 0 Å². The van der Waals surface area contributed by atoms with E-state index in [1.54, 1.807) is 0 Å². The topological polar surface area (TPSA) is 17.4 Å². The fourth-order valence-corrected chi connectivity index (χ4v) is 7.53. The molecular formula is C48H32N2O. The van der Waals surface area contributed by atoms with E-state index in [4.69, 9.17) is 4.74 Å². The number of benzene rings is 8. The normalized spacial score (nSPS) is 11.7. The maximum absolute atomic E-state index is 6.33. The van der Waals surface area contributed by atoms with Crippen LogP contribution in [0.25, 0.3) is 60.9 Å². The summed E-state index contributed by atoms with van der Waals surface area (Å²) < 4.78 is 8.68. The first-order chi connectivity index (χ1) is 25.3. The molecule has 0 aliphatic carbocycles. The zero-order valence-corrected chi connectivity index (χ0v) is 27.8. The van der Waals surface area contributed by atoms with Crippen molar-refractivity contribution in [1.82, 2.24) is 4.57 Å². The first-order valence-corrected chi connectivity index (χ1v) is 17.3. The molecule has 3 nitrogen and oxygen atoms in total. The van der Waals surface area contributed by atoms with E-state index in [0.717, 1.165) is 39.8 Å². The Hall–Kier alpha value is -6.84. The molecule has 2 heterocycles. The molecule has 1 aliphatic heterocycles. The molecule has 0 N–H and O–H groups in total. The van der Waals surface area contributed by atoms with Gasteiger partial charge in [0.05, 0.1) is 16.7 Å². The van der Waals surface area contributed by atoms with Gasteiger partial charge in [0, 0.05) is 27.8 Å². The summed E-state index contributed by atoms with van der Waals surface area (Å²) in [6.45, 7) is 0. The third kappa shape index (κ3) is 4.98. The van der Waals surface area contributed by atoms with E-state index in [1.807, 2.05) is 12.1 Å². The van der Waals surface area contributed by atoms with Gasteiger partial charge in [-0.15, -0.1) is 0 Å². The van der Waals surface area contributed by atoms with Crippen LogP contribution in [-0.4, -0.2) is 4.57 Å². The Morgan fingerprint density at radius 1 is 0.353 bits per heavy atom. The molecule has 240 valence electrons. The maximum Gasteiger partial charge on any atom is 0.152 e. The molecule has 0 unspecified atom stereocenters. The number of nitrogens with zero attached hydrogens (tertiary/aromatic N) is 2. The van der Waals surface area contributed by atoms with Gasteiger partial charge in [-0.1, -0.05) is 127 Å². The minimum atomic E-state index is 0.875. The summed E-state index contributed by atoms with van der Waals surface area (Å²) in [4.78, 5) is 2.32. The summed E-state index contributed by atoms with van der Waals surface area (Å²) >= 11 is 0. The van der Waals surface area contributed by atoms with Crippen molar-refractivity contribution in [2.24, 2.45) is 0 Å². The van der Waals surface area contributed by atoms with E-state index < -0.39 is 0 Å². The molecule has 1 aromatic heterocycles. The highest BCUT2D eigenvalue weighted by Gasteiger charge is 2.23. The van der Waals surface area contributed by atoms with Gasteiger partial charge in [0.1, 0.15) is 0 Å². The summed E-state index contributed by atoms with van der Waals surface area (Å²) in [6.07, 6.45) is 0.